The predicted octanol–water partition coefficient (Wildman–Crippen LogP) is 2.61. The van der Waals surface area contributed by atoms with Crippen LogP contribution in [0.5, 0.6) is 0 Å². The Labute approximate surface area is 158 Å². The van der Waals surface area contributed by atoms with E-state index in [1.807, 2.05) is 37.2 Å². The summed E-state index contributed by atoms with van der Waals surface area (Å²) in [5.74, 6) is 0.601. The van der Waals surface area contributed by atoms with Crippen LogP contribution >= 0.6 is 0 Å². The number of carbonyl (C=O) groups excluding carboxylic acids is 2. The lowest BCUT2D eigenvalue weighted by Gasteiger charge is -2.31. The molecule has 1 aromatic carbocycles. The van der Waals surface area contributed by atoms with Crippen molar-refractivity contribution in [3.63, 3.8) is 0 Å². The maximum atomic E-state index is 13.4. The van der Waals surface area contributed by atoms with Crippen molar-refractivity contribution in [1.82, 2.24) is 9.78 Å². The number of nitrogens with one attached hydrogen (secondary N) is 1. The van der Waals surface area contributed by atoms with Crippen LogP contribution in [0.3, 0.4) is 0 Å². The summed E-state index contributed by atoms with van der Waals surface area (Å²) in [6.07, 6.45) is 4.60. The van der Waals surface area contributed by atoms with Gasteiger partial charge in [0.05, 0.1) is 24.1 Å². The molecule has 1 aliphatic heterocycles. The Kier molecular flexibility index (Phi) is 4.37. The van der Waals surface area contributed by atoms with Crippen molar-refractivity contribution >= 4 is 29.0 Å². The van der Waals surface area contributed by atoms with Crippen LogP contribution in [0.15, 0.2) is 24.4 Å². The van der Waals surface area contributed by atoms with E-state index >= 15 is 0 Å². The molecule has 1 saturated carbocycles. The van der Waals surface area contributed by atoms with Crippen LogP contribution in [-0.4, -0.2) is 21.6 Å². The third kappa shape index (κ3) is 3.18. The van der Waals surface area contributed by atoms with Crippen molar-refractivity contribution in [1.29, 1.82) is 0 Å². The van der Waals surface area contributed by atoms with E-state index in [1.165, 1.54) is 0 Å². The Balaban J connectivity index is 1.65. The molecule has 0 unspecified atom stereocenters. The van der Waals surface area contributed by atoms with Gasteiger partial charge in [-0.2, -0.15) is 5.10 Å². The number of hydrogen-bond acceptors (Lipinski definition) is 4. The van der Waals surface area contributed by atoms with Crippen molar-refractivity contribution in [2.45, 2.75) is 39.2 Å². The summed E-state index contributed by atoms with van der Waals surface area (Å²) in [4.78, 5) is 26.7. The Bertz CT molecular complexity index is 896. The molecule has 0 atom stereocenters. The van der Waals surface area contributed by atoms with Crippen molar-refractivity contribution in [2.24, 2.45) is 24.6 Å². The highest BCUT2D eigenvalue weighted by molar-refractivity contribution is 5.99. The number of amides is 2. The Morgan fingerprint density at radius 3 is 2.59 bits per heavy atom. The second kappa shape index (κ2) is 6.72. The number of primary amides is 1. The fourth-order valence-electron chi connectivity index (χ4n) is 4.17. The van der Waals surface area contributed by atoms with Gasteiger partial charge in [-0.25, -0.2) is 0 Å². The van der Waals surface area contributed by atoms with E-state index in [9.17, 15) is 9.59 Å². The molecule has 142 valence electrons. The molecular weight excluding hydrogens is 342 g/mol. The van der Waals surface area contributed by atoms with E-state index < -0.39 is 0 Å². The first-order chi connectivity index (χ1) is 12.9. The van der Waals surface area contributed by atoms with Crippen LogP contribution in [0.1, 0.15) is 36.8 Å². The van der Waals surface area contributed by atoms with E-state index in [4.69, 9.17) is 5.73 Å². The third-order valence-corrected chi connectivity index (χ3v) is 5.78. The SMILES string of the molecule is Cc1ccc2c(c1)Nc1c(cnn1C)CN2C(=O)C1CCC(C(N)=O)CC1. The van der Waals surface area contributed by atoms with Crippen LogP contribution in [-0.2, 0) is 23.2 Å². The summed E-state index contributed by atoms with van der Waals surface area (Å²) in [5, 5.41) is 7.78. The molecule has 1 aliphatic carbocycles. The van der Waals surface area contributed by atoms with Crippen LogP contribution in [0, 0.1) is 18.8 Å². The number of nitrogens with two attached hydrogens (primary N) is 1. The van der Waals surface area contributed by atoms with Gasteiger partial charge in [0.15, 0.2) is 0 Å². The van der Waals surface area contributed by atoms with E-state index in [0.717, 1.165) is 28.3 Å². The molecule has 0 bridgehead atoms. The average molecular weight is 367 g/mol. The van der Waals surface area contributed by atoms with Gasteiger partial charge >= 0.3 is 0 Å². The van der Waals surface area contributed by atoms with Gasteiger partial charge < -0.3 is 16.0 Å². The van der Waals surface area contributed by atoms with E-state index in [-0.39, 0.29) is 23.7 Å². The molecule has 0 radical (unpaired) electrons. The predicted molar refractivity (Wildman–Crippen MR) is 104 cm³/mol. The van der Waals surface area contributed by atoms with Gasteiger partial charge in [0.1, 0.15) is 5.82 Å². The number of nitrogens with zero attached hydrogens (tertiary/aromatic N) is 3. The molecule has 0 saturated heterocycles. The maximum absolute atomic E-state index is 13.4. The zero-order valence-corrected chi connectivity index (χ0v) is 15.7. The van der Waals surface area contributed by atoms with Crippen LogP contribution in [0.2, 0.25) is 0 Å². The molecular formula is C20H25N5O2. The number of anilines is 3. The monoisotopic (exact) mass is 367 g/mol. The molecule has 2 heterocycles. The first-order valence-electron chi connectivity index (χ1n) is 9.43. The molecule has 1 aromatic heterocycles. The summed E-state index contributed by atoms with van der Waals surface area (Å²) in [6.45, 7) is 2.52. The molecule has 2 amide bonds. The van der Waals surface area contributed by atoms with Crippen molar-refractivity contribution in [2.75, 3.05) is 10.2 Å². The highest BCUT2D eigenvalue weighted by Crippen LogP contribution is 2.39. The number of benzene rings is 1. The number of aromatic nitrogens is 2. The minimum atomic E-state index is -0.249. The highest BCUT2D eigenvalue weighted by Gasteiger charge is 2.34. The van der Waals surface area contributed by atoms with Gasteiger partial charge in [-0.05, 0) is 50.3 Å². The third-order valence-electron chi connectivity index (χ3n) is 5.78. The molecule has 27 heavy (non-hydrogen) atoms. The van der Waals surface area contributed by atoms with Gasteiger partial charge in [-0.15, -0.1) is 0 Å². The number of hydrogen-bond donors (Lipinski definition) is 2. The summed E-state index contributed by atoms with van der Waals surface area (Å²) in [5.41, 5.74) is 9.35. The van der Waals surface area contributed by atoms with Gasteiger partial charge in [-0.3, -0.25) is 14.3 Å². The lowest BCUT2D eigenvalue weighted by atomic mass is 9.81. The van der Waals surface area contributed by atoms with Crippen molar-refractivity contribution in [3.05, 3.63) is 35.5 Å². The maximum Gasteiger partial charge on any atom is 0.230 e. The first kappa shape index (κ1) is 17.6. The quantitative estimate of drug-likeness (QED) is 0.853. The summed E-state index contributed by atoms with van der Waals surface area (Å²) in [6, 6.07) is 6.09. The lowest BCUT2D eigenvalue weighted by molar-refractivity contribution is -0.127. The molecule has 1 fully saturated rings. The minimum Gasteiger partial charge on any atom is -0.369 e. The number of aryl methyl sites for hydroxylation is 2. The molecule has 4 rings (SSSR count). The average Bonchev–Trinajstić information content (AvgIpc) is 2.90. The van der Waals surface area contributed by atoms with Crippen molar-refractivity contribution < 1.29 is 9.59 Å². The zero-order valence-electron chi connectivity index (χ0n) is 15.7. The second-order valence-electron chi connectivity index (χ2n) is 7.66. The molecule has 2 aliphatic rings. The molecule has 7 nitrogen and oxygen atoms in total. The van der Waals surface area contributed by atoms with Gasteiger partial charge in [-0.1, -0.05) is 6.07 Å². The summed E-state index contributed by atoms with van der Waals surface area (Å²) < 4.78 is 1.80. The lowest BCUT2D eigenvalue weighted by Crippen LogP contribution is -2.38. The number of fused-ring (bicyclic) bond motifs is 2. The summed E-state index contributed by atoms with van der Waals surface area (Å²) in [7, 11) is 1.89. The highest BCUT2D eigenvalue weighted by atomic mass is 16.2. The minimum absolute atomic E-state index is 0.0759. The van der Waals surface area contributed by atoms with Gasteiger partial charge in [0.2, 0.25) is 11.8 Å². The normalized spacial score (nSPS) is 21.6. The zero-order chi connectivity index (χ0) is 19.1. The first-order valence-corrected chi connectivity index (χ1v) is 9.43. The largest absolute Gasteiger partial charge is 0.369 e. The Hall–Kier alpha value is -2.83. The Morgan fingerprint density at radius 1 is 1.19 bits per heavy atom. The molecule has 3 N–H and O–H groups in total. The van der Waals surface area contributed by atoms with Crippen LogP contribution in [0.25, 0.3) is 0 Å². The Morgan fingerprint density at radius 2 is 1.89 bits per heavy atom. The fourth-order valence-corrected chi connectivity index (χ4v) is 4.17. The fraction of sp³-hybridized carbons (Fsp3) is 0.450. The number of rotatable bonds is 2. The second-order valence-corrected chi connectivity index (χ2v) is 7.66. The molecule has 0 spiro atoms. The van der Waals surface area contributed by atoms with E-state index in [2.05, 4.69) is 16.5 Å². The van der Waals surface area contributed by atoms with Crippen molar-refractivity contribution in [3.8, 4) is 0 Å². The molecule has 7 heteroatoms. The van der Waals surface area contributed by atoms with E-state index in [0.29, 0.717) is 32.2 Å². The standard InChI is InChI=1S/C20H25N5O2/c1-12-3-8-17-16(9-12)23-19-15(10-22-24(19)2)11-25(17)20(27)14-6-4-13(5-7-14)18(21)26/h3,8-10,13-14,23H,4-7,11H2,1-2H3,(H2,21,26). The smallest absolute Gasteiger partial charge is 0.230 e. The van der Waals surface area contributed by atoms with Crippen LogP contribution < -0.4 is 16.0 Å². The summed E-state index contributed by atoms with van der Waals surface area (Å²) >= 11 is 0. The van der Waals surface area contributed by atoms with E-state index in [1.54, 1.807) is 4.68 Å². The number of carbonyl (C=O) groups is 2. The van der Waals surface area contributed by atoms with Gasteiger partial charge in [0, 0.05) is 24.4 Å². The van der Waals surface area contributed by atoms with Gasteiger partial charge in [0.25, 0.3) is 0 Å². The molecule has 2 aromatic rings. The topological polar surface area (TPSA) is 93.2 Å². The van der Waals surface area contributed by atoms with Crippen LogP contribution in [0.4, 0.5) is 17.2 Å².